The summed E-state index contributed by atoms with van der Waals surface area (Å²) in [6.07, 6.45) is 2.47. The molecule has 4 heterocycles. The molecule has 1 fully saturated rings. The van der Waals surface area contributed by atoms with Crippen LogP contribution in [0.15, 0.2) is 30.6 Å². The number of morpholine rings is 1. The Morgan fingerprint density at radius 3 is 2.58 bits per heavy atom. The lowest BCUT2D eigenvalue weighted by molar-refractivity contribution is 0.0566. The van der Waals surface area contributed by atoms with E-state index < -0.39 is 12.4 Å². The van der Waals surface area contributed by atoms with Gasteiger partial charge >= 0.3 is 6.55 Å². The number of anilines is 3. The number of aromatic nitrogens is 6. The zero-order valence-electron chi connectivity index (χ0n) is 17.3. The van der Waals surface area contributed by atoms with Crippen LogP contribution in [0.4, 0.5) is 30.6 Å². The number of hydrogen-bond acceptors (Lipinski definition) is 8. The molecule has 0 radical (unpaired) electrons. The van der Waals surface area contributed by atoms with E-state index in [4.69, 9.17) is 16.2 Å². The summed E-state index contributed by atoms with van der Waals surface area (Å²) in [4.78, 5) is 15.5. The highest BCUT2D eigenvalue weighted by molar-refractivity contribution is 5.85. The van der Waals surface area contributed by atoms with Gasteiger partial charge in [0, 0.05) is 25.2 Å². The SMILES string of the molecule is Nc1ccc(Cc2nc3c(N)nc(N4CCOCC4)nc3n2-c2cnn(C(F)F)c2)c(F)c1. The van der Waals surface area contributed by atoms with Crippen molar-refractivity contribution in [3.05, 3.63) is 47.8 Å². The number of imidazole rings is 1. The van der Waals surface area contributed by atoms with Crippen molar-refractivity contribution in [3.63, 3.8) is 0 Å². The Morgan fingerprint density at radius 2 is 1.88 bits per heavy atom. The van der Waals surface area contributed by atoms with Gasteiger partial charge in [0.1, 0.15) is 11.6 Å². The number of fused-ring (bicyclic) bond motifs is 1. The minimum atomic E-state index is -2.82. The summed E-state index contributed by atoms with van der Waals surface area (Å²) in [5, 5.41) is 3.72. The summed E-state index contributed by atoms with van der Waals surface area (Å²) in [6, 6.07) is 4.33. The largest absolute Gasteiger partial charge is 0.399 e. The van der Waals surface area contributed by atoms with Crippen LogP contribution in [0.2, 0.25) is 0 Å². The molecule has 1 aromatic carbocycles. The first-order chi connectivity index (χ1) is 15.9. The fourth-order valence-corrected chi connectivity index (χ4v) is 3.73. The van der Waals surface area contributed by atoms with Gasteiger partial charge in [0.25, 0.3) is 0 Å². The predicted molar refractivity (Wildman–Crippen MR) is 115 cm³/mol. The normalized spacial score (nSPS) is 14.5. The molecule has 172 valence electrons. The average Bonchev–Trinajstić information content (AvgIpc) is 3.41. The molecule has 0 aliphatic carbocycles. The molecule has 0 spiro atoms. The second kappa shape index (κ2) is 8.24. The van der Waals surface area contributed by atoms with Crippen molar-refractivity contribution < 1.29 is 17.9 Å². The lowest BCUT2D eigenvalue weighted by atomic mass is 10.1. The van der Waals surface area contributed by atoms with Crippen LogP contribution in [0.3, 0.4) is 0 Å². The highest BCUT2D eigenvalue weighted by Gasteiger charge is 2.23. The molecule has 0 saturated carbocycles. The Hall–Kier alpha value is -3.87. The van der Waals surface area contributed by atoms with E-state index in [2.05, 4.69) is 20.1 Å². The van der Waals surface area contributed by atoms with Crippen LogP contribution in [-0.2, 0) is 11.2 Å². The Bertz CT molecular complexity index is 1310. The van der Waals surface area contributed by atoms with Gasteiger partial charge in [0.2, 0.25) is 5.95 Å². The van der Waals surface area contributed by atoms with Gasteiger partial charge in [-0.25, -0.2) is 14.1 Å². The maximum atomic E-state index is 14.5. The fraction of sp³-hybridized carbons (Fsp3) is 0.300. The first-order valence-electron chi connectivity index (χ1n) is 10.1. The fourth-order valence-electron chi connectivity index (χ4n) is 3.73. The Balaban J connectivity index is 1.68. The summed E-state index contributed by atoms with van der Waals surface area (Å²) in [7, 11) is 0. The topological polar surface area (TPSA) is 126 Å². The van der Waals surface area contributed by atoms with Crippen molar-refractivity contribution in [1.29, 1.82) is 0 Å². The number of alkyl halides is 2. The van der Waals surface area contributed by atoms with Gasteiger partial charge in [-0.15, -0.1) is 0 Å². The van der Waals surface area contributed by atoms with Gasteiger partial charge in [0.15, 0.2) is 17.0 Å². The van der Waals surface area contributed by atoms with Gasteiger partial charge < -0.3 is 21.1 Å². The molecule has 0 amide bonds. The molecule has 0 atom stereocenters. The van der Waals surface area contributed by atoms with Crippen LogP contribution in [-0.4, -0.2) is 55.6 Å². The smallest absolute Gasteiger partial charge is 0.333 e. The standard InChI is InChI=1S/C20H20F3N9O/c21-14-8-12(24)2-1-11(14)7-15-27-16-17(25)28-20(30-3-5-33-6-4-30)29-18(16)32(15)13-9-26-31(10-13)19(22)23/h1-2,8-10,19H,3-7,24H2,(H2,25,28,29). The van der Waals surface area contributed by atoms with E-state index in [1.54, 1.807) is 16.7 Å². The predicted octanol–water partition coefficient (Wildman–Crippen LogP) is 2.14. The highest BCUT2D eigenvalue weighted by Crippen LogP contribution is 2.28. The van der Waals surface area contributed by atoms with Crippen molar-refractivity contribution in [2.45, 2.75) is 13.0 Å². The van der Waals surface area contributed by atoms with Gasteiger partial charge in [-0.05, 0) is 17.7 Å². The van der Waals surface area contributed by atoms with Crippen LogP contribution in [0.5, 0.6) is 0 Å². The van der Waals surface area contributed by atoms with Crippen molar-refractivity contribution in [2.75, 3.05) is 42.7 Å². The molecule has 10 nitrogen and oxygen atoms in total. The number of rotatable bonds is 5. The van der Waals surface area contributed by atoms with Gasteiger partial charge in [0.05, 0.1) is 31.3 Å². The first-order valence-corrected chi connectivity index (χ1v) is 10.1. The average molecular weight is 459 g/mol. The molecular weight excluding hydrogens is 439 g/mol. The third-order valence-corrected chi connectivity index (χ3v) is 5.36. The van der Waals surface area contributed by atoms with E-state index in [-0.39, 0.29) is 29.1 Å². The summed E-state index contributed by atoms with van der Waals surface area (Å²) in [5.74, 6) is 0.323. The number of hydrogen-bond donors (Lipinski definition) is 2. The second-order valence-electron chi connectivity index (χ2n) is 7.53. The number of nitrogens with zero attached hydrogens (tertiary/aromatic N) is 7. The third kappa shape index (κ3) is 3.91. The molecule has 1 saturated heterocycles. The molecule has 13 heteroatoms. The van der Waals surface area contributed by atoms with Gasteiger partial charge in [-0.1, -0.05) is 6.07 Å². The Morgan fingerprint density at radius 1 is 1.09 bits per heavy atom. The number of ether oxygens (including phenoxy) is 1. The van der Waals surface area contributed by atoms with Crippen LogP contribution < -0.4 is 16.4 Å². The maximum Gasteiger partial charge on any atom is 0.333 e. The molecule has 3 aromatic heterocycles. The van der Waals surface area contributed by atoms with Crippen molar-refractivity contribution >= 4 is 28.6 Å². The maximum absolute atomic E-state index is 14.5. The second-order valence-corrected chi connectivity index (χ2v) is 7.53. The Labute approximate surface area is 185 Å². The van der Waals surface area contributed by atoms with Crippen LogP contribution in [0.25, 0.3) is 16.9 Å². The molecule has 5 rings (SSSR count). The summed E-state index contributed by atoms with van der Waals surface area (Å²) in [5.41, 5.74) is 13.3. The summed E-state index contributed by atoms with van der Waals surface area (Å²) in [6.45, 7) is -0.639. The van der Waals surface area contributed by atoms with E-state index >= 15 is 0 Å². The number of halogens is 3. The number of nitrogen functional groups attached to an aromatic ring is 2. The van der Waals surface area contributed by atoms with E-state index in [1.165, 1.54) is 18.5 Å². The quantitative estimate of drug-likeness (QED) is 0.435. The molecule has 1 aliphatic heterocycles. The van der Waals surface area contributed by atoms with Crippen molar-refractivity contribution in [1.82, 2.24) is 29.3 Å². The molecule has 4 N–H and O–H groups in total. The van der Waals surface area contributed by atoms with E-state index in [0.29, 0.717) is 54.0 Å². The van der Waals surface area contributed by atoms with Gasteiger partial charge in [-0.3, -0.25) is 4.57 Å². The molecule has 0 unspecified atom stereocenters. The molecule has 33 heavy (non-hydrogen) atoms. The molecule has 0 bridgehead atoms. The number of benzene rings is 1. The van der Waals surface area contributed by atoms with Gasteiger partial charge in [-0.2, -0.15) is 23.8 Å². The zero-order valence-corrected chi connectivity index (χ0v) is 17.3. The first kappa shape index (κ1) is 21.0. The summed E-state index contributed by atoms with van der Waals surface area (Å²) >= 11 is 0. The summed E-state index contributed by atoms with van der Waals surface area (Å²) < 4.78 is 48.3. The van der Waals surface area contributed by atoms with Crippen LogP contribution >= 0.6 is 0 Å². The molecule has 1 aliphatic rings. The van der Waals surface area contributed by atoms with Crippen molar-refractivity contribution in [2.24, 2.45) is 0 Å². The van der Waals surface area contributed by atoms with E-state index in [1.807, 2.05) is 4.90 Å². The lowest BCUT2D eigenvalue weighted by Crippen LogP contribution is -2.37. The number of nitrogens with two attached hydrogens (primary N) is 2. The third-order valence-electron chi connectivity index (χ3n) is 5.36. The highest BCUT2D eigenvalue weighted by atomic mass is 19.3. The van der Waals surface area contributed by atoms with Crippen LogP contribution in [0, 0.1) is 5.82 Å². The lowest BCUT2D eigenvalue weighted by Gasteiger charge is -2.26. The van der Waals surface area contributed by atoms with Crippen LogP contribution in [0.1, 0.15) is 17.9 Å². The monoisotopic (exact) mass is 459 g/mol. The van der Waals surface area contributed by atoms with E-state index in [9.17, 15) is 13.2 Å². The van der Waals surface area contributed by atoms with Crippen molar-refractivity contribution in [3.8, 4) is 5.69 Å². The zero-order chi connectivity index (χ0) is 23.1. The molecule has 4 aromatic rings. The Kier molecular flexibility index (Phi) is 5.24. The minimum Gasteiger partial charge on any atom is -0.399 e. The minimum absolute atomic E-state index is 0.0364. The molecular formula is C20H20F3N9O. The van der Waals surface area contributed by atoms with E-state index in [0.717, 1.165) is 0 Å².